The summed E-state index contributed by atoms with van der Waals surface area (Å²) in [5.74, 6) is 0.419. The van der Waals surface area contributed by atoms with Gasteiger partial charge in [-0.05, 0) is 49.6 Å². The van der Waals surface area contributed by atoms with Crippen molar-refractivity contribution in [3.63, 3.8) is 0 Å². The van der Waals surface area contributed by atoms with E-state index < -0.39 is 0 Å². The third kappa shape index (κ3) is 4.03. The fourth-order valence-electron chi connectivity index (χ4n) is 3.96. The number of carbonyl (C=O) groups is 1. The normalized spacial score (nSPS) is 14.4. The van der Waals surface area contributed by atoms with Crippen LogP contribution in [0, 0.1) is 6.92 Å². The first-order valence-electron chi connectivity index (χ1n) is 10.6. The van der Waals surface area contributed by atoms with Crippen LogP contribution in [0.15, 0.2) is 59.4 Å². The van der Waals surface area contributed by atoms with Gasteiger partial charge in [0.1, 0.15) is 6.54 Å². The molecule has 5 rings (SSSR count). The number of halogens is 1. The molecule has 0 unspecified atom stereocenters. The van der Waals surface area contributed by atoms with Crippen LogP contribution in [0.25, 0.3) is 17.2 Å². The lowest BCUT2D eigenvalue weighted by Crippen LogP contribution is -2.25. The summed E-state index contributed by atoms with van der Waals surface area (Å²) in [7, 11) is 0. The van der Waals surface area contributed by atoms with Gasteiger partial charge in [-0.1, -0.05) is 35.9 Å². The van der Waals surface area contributed by atoms with E-state index in [-0.39, 0.29) is 30.0 Å². The van der Waals surface area contributed by atoms with Crippen molar-refractivity contribution >= 4 is 29.0 Å². The topological polar surface area (TPSA) is 102 Å². The third-order valence-corrected chi connectivity index (χ3v) is 6.39. The highest BCUT2D eigenvalue weighted by atomic mass is 35.5. The first kappa shape index (κ1) is 21.4. The fraction of sp³-hybridized carbons (Fsp3) is 0.250. The Hall–Kier alpha value is -3.49. The summed E-state index contributed by atoms with van der Waals surface area (Å²) >= 11 is 5.90. The number of aliphatic hydroxyl groups excluding tert-OH is 1. The van der Waals surface area contributed by atoms with Crippen molar-refractivity contribution in [1.82, 2.24) is 19.2 Å². The molecule has 1 aliphatic rings. The van der Waals surface area contributed by atoms with Gasteiger partial charge in [-0.2, -0.15) is 9.50 Å². The number of hydrogen-bond donors (Lipinski definition) is 2. The first-order valence-corrected chi connectivity index (χ1v) is 11.0. The molecule has 0 spiro atoms. The maximum absolute atomic E-state index is 12.7. The molecule has 0 radical (unpaired) electrons. The van der Waals surface area contributed by atoms with E-state index in [4.69, 9.17) is 11.6 Å². The number of hydrogen-bond acceptors (Lipinski definition) is 5. The summed E-state index contributed by atoms with van der Waals surface area (Å²) in [4.78, 5) is 29.8. The van der Waals surface area contributed by atoms with Gasteiger partial charge in [0, 0.05) is 33.4 Å². The molecule has 2 aromatic carbocycles. The average molecular weight is 464 g/mol. The zero-order valence-electron chi connectivity index (χ0n) is 18.0. The van der Waals surface area contributed by atoms with E-state index in [0.717, 1.165) is 24.0 Å². The zero-order valence-corrected chi connectivity index (χ0v) is 18.7. The van der Waals surface area contributed by atoms with E-state index in [0.29, 0.717) is 28.0 Å². The summed E-state index contributed by atoms with van der Waals surface area (Å²) < 4.78 is 2.87. The van der Waals surface area contributed by atoms with Gasteiger partial charge in [0.2, 0.25) is 11.7 Å². The van der Waals surface area contributed by atoms with E-state index in [1.807, 2.05) is 24.3 Å². The van der Waals surface area contributed by atoms with E-state index in [1.165, 1.54) is 10.6 Å². The lowest BCUT2D eigenvalue weighted by atomic mass is 9.96. The summed E-state index contributed by atoms with van der Waals surface area (Å²) in [5, 5.41) is 17.4. The second-order valence-electron chi connectivity index (χ2n) is 8.43. The number of aromatic nitrogens is 4. The summed E-state index contributed by atoms with van der Waals surface area (Å²) in [5.41, 5.74) is 2.64. The number of benzene rings is 2. The predicted octanol–water partition coefficient (Wildman–Crippen LogP) is 3.18. The predicted molar refractivity (Wildman–Crippen MR) is 125 cm³/mol. The van der Waals surface area contributed by atoms with Crippen molar-refractivity contribution in [2.45, 2.75) is 31.7 Å². The van der Waals surface area contributed by atoms with Crippen LogP contribution in [0.4, 0.5) is 5.69 Å². The van der Waals surface area contributed by atoms with Crippen LogP contribution in [0.5, 0.6) is 0 Å². The second-order valence-corrected chi connectivity index (χ2v) is 8.86. The molecule has 1 aliphatic carbocycles. The highest BCUT2D eigenvalue weighted by Crippen LogP contribution is 2.47. The number of rotatable bonds is 6. The number of carbonyl (C=O) groups excluding carboxylic acids is 1. The highest BCUT2D eigenvalue weighted by molar-refractivity contribution is 6.30. The second kappa shape index (κ2) is 8.13. The van der Waals surface area contributed by atoms with E-state index in [1.54, 1.807) is 35.8 Å². The van der Waals surface area contributed by atoms with Crippen LogP contribution < -0.4 is 10.9 Å². The number of aliphatic hydroxyl groups is 1. The summed E-state index contributed by atoms with van der Waals surface area (Å²) in [6, 6.07) is 16.0. The molecule has 0 bridgehead atoms. The van der Waals surface area contributed by atoms with Crippen LogP contribution in [0.3, 0.4) is 0 Å². The molecule has 1 fully saturated rings. The smallest absolute Gasteiger partial charge is 0.275 e. The minimum Gasteiger partial charge on any atom is -0.395 e. The quantitative estimate of drug-likeness (QED) is 0.457. The molecule has 4 aromatic rings. The van der Waals surface area contributed by atoms with Crippen molar-refractivity contribution in [3.05, 3.63) is 81.2 Å². The standard InChI is InChI=1S/C24H22ClN5O3/c1-15-12-21(33)30-23(29(15)13-20(32)26-19-8-6-18(25)7-9-19)27-22(28-30)16-2-4-17(5-3-16)24(14-31)10-11-24/h2-9,12,31H,10-11,13-14H2,1H3,(H,26,32). The lowest BCUT2D eigenvalue weighted by molar-refractivity contribution is -0.116. The van der Waals surface area contributed by atoms with Gasteiger partial charge >= 0.3 is 0 Å². The van der Waals surface area contributed by atoms with Gasteiger partial charge in [0.05, 0.1) is 6.61 Å². The molecule has 2 heterocycles. The molecular formula is C24H22ClN5O3. The van der Waals surface area contributed by atoms with Crippen LogP contribution in [-0.2, 0) is 16.8 Å². The number of anilines is 1. The Bertz CT molecular complexity index is 1400. The van der Waals surface area contributed by atoms with Crippen LogP contribution in [0.1, 0.15) is 24.1 Å². The molecule has 9 heteroatoms. The molecule has 2 aromatic heterocycles. The maximum Gasteiger partial charge on any atom is 0.275 e. The van der Waals surface area contributed by atoms with Gasteiger partial charge < -0.3 is 15.0 Å². The minimum absolute atomic E-state index is 0.0334. The van der Waals surface area contributed by atoms with Gasteiger partial charge in [0.25, 0.3) is 5.56 Å². The average Bonchev–Trinajstić information content (AvgIpc) is 3.48. The van der Waals surface area contributed by atoms with Crippen molar-refractivity contribution in [3.8, 4) is 11.4 Å². The molecule has 0 atom stereocenters. The molecule has 1 amide bonds. The zero-order chi connectivity index (χ0) is 23.2. The Kier molecular flexibility index (Phi) is 5.26. The Labute approximate surface area is 194 Å². The van der Waals surface area contributed by atoms with Crippen molar-refractivity contribution in [2.75, 3.05) is 11.9 Å². The Morgan fingerprint density at radius 2 is 1.85 bits per heavy atom. The Balaban J connectivity index is 1.45. The largest absolute Gasteiger partial charge is 0.395 e. The van der Waals surface area contributed by atoms with E-state index in [9.17, 15) is 14.7 Å². The molecule has 1 saturated carbocycles. The molecule has 8 nitrogen and oxygen atoms in total. The van der Waals surface area contributed by atoms with Gasteiger partial charge in [-0.3, -0.25) is 9.59 Å². The number of fused-ring (bicyclic) bond motifs is 1. The number of nitrogens with zero attached hydrogens (tertiary/aromatic N) is 4. The number of aryl methyl sites for hydroxylation is 1. The molecule has 0 aliphatic heterocycles. The Morgan fingerprint density at radius 3 is 2.48 bits per heavy atom. The highest BCUT2D eigenvalue weighted by Gasteiger charge is 2.43. The van der Waals surface area contributed by atoms with Crippen LogP contribution in [-0.4, -0.2) is 36.8 Å². The van der Waals surface area contributed by atoms with Crippen molar-refractivity contribution in [2.24, 2.45) is 0 Å². The van der Waals surface area contributed by atoms with E-state index >= 15 is 0 Å². The molecule has 168 valence electrons. The summed E-state index contributed by atoms with van der Waals surface area (Å²) in [6.07, 6.45) is 1.96. The van der Waals surface area contributed by atoms with Crippen LogP contribution in [0.2, 0.25) is 5.02 Å². The maximum atomic E-state index is 12.7. The van der Waals surface area contributed by atoms with Crippen LogP contribution >= 0.6 is 11.6 Å². The molecule has 0 saturated heterocycles. The monoisotopic (exact) mass is 463 g/mol. The lowest BCUT2D eigenvalue weighted by Gasteiger charge is -2.12. The molecular weight excluding hydrogens is 442 g/mol. The van der Waals surface area contributed by atoms with E-state index in [2.05, 4.69) is 15.4 Å². The number of amides is 1. The Morgan fingerprint density at radius 1 is 1.15 bits per heavy atom. The minimum atomic E-state index is -0.315. The van der Waals surface area contributed by atoms with Crippen molar-refractivity contribution < 1.29 is 9.90 Å². The fourth-order valence-corrected chi connectivity index (χ4v) is 4.08. The van der Waals surface area contributed by atoms with Gasteiger partial charge in [-0.15, -0.1) is 5.10 Å². The molecule has 2 N–H and O–H groups in total. The summed E-state index contributed by atoms with van der Waals surface area (Å²) in [6.45, 7) is 1.86. The van der Waals surface area contributed by atoms with Gasteiger partial charge in [0.15, 0.2) is 5.82 Å². The first-order chi connectivity index (χ1) is 15.9. The van der Waals surface area contributed by atoms with Crippen molar-refractivity contribution in [1.29, 1.82) is 0 Å². The number of nitrogens with one attached hydrogen (secondary N) is 1. The third-order valence-electron chi connectivity index (χ3n) is 6.14. The SMILES string of the molecule is Cc1cc(=O)n2nc(-c3ccc(C4(CO)CC4)cc3)nc2n1CC(=O)Nc1ccc(Cl)cc1. The molecule has 33 heavy (non-hydrogen) atoms. The van der Waals surface area contributed by atoms with Gasteiger partial charge in [-0.25, -0.2) is 0 Å².